The number of ether oxygens (including phenoxy) is 2. The highest BCUT2D eigenvalue weighted by molar-refractivity contribution is 5.31. The summed E-state index contributed by atoms with van der Waals surface area (Å²) >= 11 is 0. The maximum absolute atomic E-state index is 6.00. The molecule has 3 nitrogen and oxygen atoms in total. The molecule has 0 heterocycles. The maximum atomic E-state index is 6.00. The zero-order chi connectivity index (χ0) is 14.4. The minimum absolute atomic E-state index is 0.0239. The second kappa shape index (κ2) is 6.96. The van der Waals surface area contributed by atoms with E-state index in [0.29, 0.717) is 0 Å². The van der Waals surface area contributed by atoms with Crippen molar-refractivity contribution in [2.45, 2.75) is 19.1 Å². The fraction of sp³-hybridized carbons (Fsp3) is 0.294. The standard InChI is InChI=1S/C17H21NO2/c1-13(17(18-2)14-7-5-4-6-8-14)20-16-11-9-15(19-3)10-12-16/h4-13,17-18H,1-3H3. The van der Waals surface area contributed by atoms with Crippen molar-refractivity contribution in [3.05, 3.63) is 60.2 Å². The molecular formula is C17H21NO2. The van der Waals surface area contributed by atoms with Gasteiger partial charge in [0, 0.05) is 0 Å². The average Bonchev–Trinajstić information content (AvgIpc) is 2.50. The molecule has 0 bridgehead atoms. The lowest BCUT2D eigenvalue weighted by molar-refractivity contribution is 0.175. The molecule has 3 heteroatoms. The average molecular weight is 271 g/mol. The van der Waals surface area contributed by atoms with Crippen LogP contribution in [0.1, 0.15) is 18.5 Å². The number of hydrogen-bond acceptors (Lipinski definition) is 3. The third kappa shape index (κ3) is 3.52. The summed E-state index contributed by atoms with van der Waals surface area (Å²) in [6, 6.07) is 18.1. The van der Waals surface area contributed by atoms with E-state index >= 15 is 0 Å². The molecule has 0 saturated heterocycles. The van der Waals surface area contributed by atoms with Crippen LogP contribution in [0.5, 0.6) is 11.5 Å². The van der Waals surface area contributed by atoms with E-state index in [1.165, 1.54) is 5.56 Å². The van der Waals surface area contributed by atoms with E-state index in [-0.39, 0.29) is 12.1 Å². The van der Waals surface area contributed by atoms with Crippen LogP contribution >= 0.6 is 0 Å². The first-order valence-electron chi connectivity index (χ1n) is 6.77. The number of nitrogens with one attached hydrogen (secondary N) is 1. The van der Waals surface area contributed by atoms with Crippen molar-refractivity contribution in [2.75, 3.05) is 14.2 Å². The van der Waals surface area contributed by atoms with Crippen molar-refractivity contribution < 1.29 is 9.47 Å². The minimum Gasteiger partial charge on any atom is -0.497 e. The van der Waals surface area contributed by atoms with E-state index in [9.17, 15) is 0 Å². The molecule has 1 N–H and O–H groups in total. The fourth-order valence-corrected chi connectivity index (χ4v) is 2.27. The van der Waals surface area contributed by atoms with E-state index in [1.54, 1.807) is 7.11 Å². The summed E-state index contributed by atoms with van der Waals surface area (Å²) in [4.78, 5) is 0. The summed E-state index contributed by atoms with van der Waals surface area (Å²) in [5.74, 6) is 1.67. The van der Waals surface area contributed by atoms with Crippen molar-refractivity contribution in [3.8, 4) is 11.5 Å². The van der Waals surface area contributed by atoms with Crippen LogP contribution in [0.15, 0.2) is 54.6 Å². The molecule has 0 fully saturated rings. The van der Waals surface area contributed by atoms with E-state index in [4.69, 9.17) is 9.47 Å². The second-order valence-electron chi connectivity index (χ2n) is 4.68. The summed E-state index contributed by atoms with van der Waals surface area (Å²) in [6.07, 6.45) is 0.0239. The molecule has 0 aliphatic carbocycles. The third-order valence-corrected chi connectivity index (χ3v) is 3.32. The summed E-state index contributed by atoms with van der Waals surface area (Å²) in [5, 5.41) is 3.31. The molecule has 106 valence electrons. The second-order valence-corrected chi connectivity index (χ2v) is 4.68. The monoisotopic (exact) mass is 271 g/mol. The van der Waals surface area contributed by atoms with Gasteiger partial charge in [-0.1, -0.05) is 30.3 Å². The molecule has 2 aromatic rings. The van der Waals surface area contributed by atoms with Gasteiger partial charge in [-0.3, -0.25) is 0 Å². The Morgan fingerprint density at radius 2 is 1.50 bits per heavy atom. The van der Waals surface area contributed by atoms with E-state index in [0.717, 1.165) is 11.5 Å². The lowest BCUT2D eigenvalue weighted by Crippen LogP contribution is -2.31. The molecule has 0 saturated carbocycles. The zero-order valence-corrected chi connectivity index (χ0v) is 12.2. The number of methoxy groups -OCH3 is 1. The SMILES string of the molecule is CNC(c1ccccc1)C(C)Oc1ccc(OC)cc1. The molecule has 2 aromatic carbocycles. The van der Waals surface area contributed by atoms with Crippen LogP contribution in [0.4, 0.5) is 0 Å². The first-order valence-corrected chi connectivity index (χ1v) is 6.77. The van der Waals surface area contributed by atoms with Gasteiger partial charge >= 0.3 is 0 Å². The Balaban J connectivity index is 2.07. The molecule has 2 unspecified atom stereocenters. The van der Waals surface area contributed by atoms with Gasteiger partial charge in [-0.2, -0.15) is 0 Å². The Kier molecular flexibility index (Phi) is 5.02. The Bertz CT molecular complexity index is 510. The summed E-state index contributed by atoms with van der Waals surface area (Å²) in [6.45, 7) is 2.07. The topological polar surface area (TPSA) is 30.5 Å². The molecule has 0 aliphatic heterocycles. The minimum atomic E-state index is 0.0239. The van der Waals surface area contributed by atoms with Gasteiger partial charge in [0.1, 0.15) is 17.6 Å². The lowest BCUT2D eigenvalue weighted by Gasteiger charge is -2.25. The van der Waals surface area contributed by atoms with Crippen LogP contribution in [-0.4, -0.2) is 20.3 Å². The highest BCUT2D eigenvalue weighted by Gasteiger charge is 2.18. The largest absolute Gasteiger partial charge is 0.497 e. The number of benzene rings is 2. The quantitative estimate of drug-likeness (QED) is 0.873. The summed E-state index contributed by atoms with van der Waals surface area (Å²) in [7, 11) is 3.61. The van der Waals surface area contributed by atoms with Crippen molar-refractivity contribution in [1.29, 1.82) is 0 Å². The molecule has 0 aliphatic rings. The Hall–Kier alpha value is -2.00. The third-order valence-electron chi connectivity index (χ3n) is 3.32. The van der Waals surface area contributed by atoms with E-state index < -0.39 is 0 Å². The van der Waals surface area contributed by atoms with Gasteiger partial charge in [0.05, 0.1) is 13.2 Å². The molecule has 0 amide bonds. The van der Waals surface area contributed by atoms with Gasteiger partial charge in [-0.05, 0) is 43.8 Å². The Labute approximate surface area is 120 Å². The van der Waals surface area contributed by atoms with E-state index in [2.05, 4.69) is 24.4 Å². The number of likely N-dealkylation sites (N-methyl/N-ethyl adjacent to an activating group) is 1. The zero-order valence-electron chi connectivity index (χ0n) is 12.2. The van der Waals surface area contributed by atoms with Gasteiger partial charge < -0.3 is 14.8 Å². The molecule has 0 spiro atoms. The highest BCUT2D eigenvalue weighted by atomic mass is 16.5. The van der Waals surface area contributed by atoms with Crippen molar-refractivity contribution in [2.24, 2.45) is 0 Å². The van der Waals surface area contributed by atoms with Gasteiger partial charge in [0.15, 0.2) is 0 Å². The maximum Gasteiger partial charge on any atom is 0.120 e. The first-order chi connectivity index (χ1) is 9.74. The van der Waals surface area contributed by atoms with Gasteiger partial charge in [0.25, 0.3) is 0 Å². The van der Waals surface area contributed by atoms with Gasteiger partial charge in [0.2, 0.25) is 0 Å². The van der Waals surface area contributed by atoms with Crippen LogP contribution in [0.2, 0.25) is 0 Å². The molecule has 20 heavy (non-hydrogen) atoms. The van der Waals surface area contributed by atoms with Crippen molar-refractivity contribution in [3.63, 3.8) is 0 Å². The summed E-state index contributed by atoms with van der Waals surface area (Å²) in [5.41, 5.74) is 1.22. The predicted molar refractivity (Wildman–Crippen MR) is 81.3 cm³/mol. The summed E-state index contributed by atoms with van der Waals surface area (Å²) < 4.78 is 11.1. The number of hydrogen-bond donors (Lipinski definition) is 1. The van der Waals surface area contributed by atoms with E-state index in [1.807, 2.05) is 49.5 Å². The van der Waals surface area contributed by atoms with Crippen molar-refractivity contribution >= 4 is 0 Å². The number of rotatable bonds is 6. The first kappa shape index (κ1) is 14.4. The van der Waals surface area contributed by atoms with Crippen LogP contribution in [0.3, 0.4) is 0 Å². The Morgan fingerprint density at radius 3 is 2.05 bits per heavy atom. The van der Waals surface area contributed by atoms with Crippen LogP contribution in [0.25, 0.3) is 0 Å². The van der Waals surface area contributed by atoms with Gasteiger partial charge in [-0.25, -0.2) is 0 Å². The molecule has 0 radical (unpaired) electrons. The van der Waals surface area contributed by atoms with Crippen LogP contribution in [-0.2, 0) is 0 Å². The van der Waals surface area contributed by atoms with Crippen LogP contribution in [0, 0.1) is 0 Å². The van der Waals surface area contributed by atoms with Crippen LogP contribution < -0.4 is 14.8 Å². The molecule has 2 atom stereocenters. The predicted octanol–water partition coefficient (Wildman–Crippen LogP) is 3.42. The highest BCUT2D eigenvalue weighted by Crippen LogP contribution is 2.23. The molecular weight excluding hydrogens is 250 g/mol. The normalized spacial score (nSPS) is 13.6. The molecule has 0 aromatic heterocycles. The molecule has 2 rings (SSSR count). The fourth-order valence-electron chi connectivity index (χ4n) is 2.27. The lowest BCUT2D eigenvalue weighted by atomic mass is 10.0. The van der Waals surface area contributed by atoms with Gasteiger partial charge in [-0.15, -0.1) is 0 Å². The Morgan fingerprint density at radius 1 is 0.900 bits per heavy atom. The van der Waals surface area contributed by atoms with Crippen molar-refractivity contribution in [1.82, 2.24) is 5.32 Å². The smallest absolute Gasteiger partial charge is 0.120 e.